The molecule has 0 aliphatic carbocycles. The van der Waals surface area contributed by atoms with Gasteiger partial charge in [-0.1, -0.05) is 35.2 Å². The smallest absolute Gasteiger partial charge is 0.153 e. The Morgan fingerprint density at radius 1 is 1.20 bits per heavy atom. The SMILES string of the molecule is COn1nnc(COc2ccc(F)cc2C=O)c1Cc1ccccc1. The van der Waals surface area contributed by atoms with E-state index in [9.17, 15) is 9.18 Å². The fourth-order valence-electron chi connectivity index (χ4n) is 2.42. The van der Waals surface area contributed by atoms with E-state index < -0.39 is 5.82 Å². The van der Waals surface area contributed by atoms with Crippen LogP contribution in [0, 0.1) is 5.82 Å². The van der Waals surface area contributed by atoms with Crippen LogP contribution in [0.5, 0.6) is 5.75 Å². The molecule has 0 amide bonds. The number of aldehydes is 1. The van der Waals surface area contributed by atoms with Crippen LogP contribution in [0.4, 0.5) is 4.39 Å². The number of hydrogen-bond acceptors (Lipinski definition) is 5. The zero-order valence-corrected chi connectivity index (χ0v) is 13.6. The van der Waals surface area contributed by atoms with Gasteiger partial charge in [0.1, 0.15) is 36.7 Å². The standard InChI is InChI=1S/C18H16FN3O3/c1-24-22-17(9-13-5-3-2-4-6-13)16(20-21-22)12-25-18-8-7-15(19)10-14(18)11-23/h2-8,10-11H,9,12H2,1H3. The topological polar surface area (TPSA) is 66.2 Å². The number of ether oxygens (including phenoxy) is 1. The fraction of sp³-hybridized carbons (Fsp3) is 0.167. The van der Waals surface area contributed by atoms with Crippen LogP contribution < -0.4 is 9.57 Å². The van der Waals surface area contributed by atoms with Crippen molar-refractivity contribution in [3.63, 3.8) is 0 Å². The average Bonchev–Trinajstić information content (AvgIpc) is 3.03. The maximum atomic E-state index is 13.2. The van der Waals surface area contributed by atoms with E-state index in [1.165, 1.54) is 24.1 Å². The Hall–Kier alpha value is -3.22. The maximum Gasteiger partial charge on any atom is 0.153 e. The highest BCUT2D eigenvalue weighted by molar-refractivity contribution is 5.79. The Bertz CT molecular complexity index is 865. The molecule has 128 valence electrons. The van der Waals surface area contributed by atoms with Crippen molar-refractivity contribution < 1.29 is 18.8 Å². The lowest BCUT2D eigenvalue weighted by molar-refractivity contribution is 0.111. The van der Waals surface area contributed by atoms with Crippen LogP contribution in [0.3, 0.4) is 0 Å². The van der Waals surface area contributed by atoms with Gasteiger partial charge in [-0.3, -0.25) is 4.79 Å². The molecular formula is C18H16FN3O3. The highest BCUT2D eigenvalue weighted by Gasteiger charge is 2.16. The van der Waals surface area contributed by atoms with E-state index in [2.05, 4.69) is 10.3 Å². The number of hydrogen-bond donors (Lipinski definition) is 0. The molecule has 0 aliphatic heterocycles. The summed E-state index contributed by atoms with van der Waals surface area (Å²) in [6, 6.07) is 13.6. The molecule has 0 unspecified atom stereocenters. The van der Waals surface area contributed by atoms with Crippen molar-refractivity contribution in [3.05, 3.63) is 76.9 Å². The first kappa shape index (κ1) is 16.6. The molecule has 3 aromatic rings. The van der Waals surface area contributed by atoms with Crippen LogP contribution in [0.25, 0.3) is 0 Å². The van der Waals surface area contributed by atoms with Crippen LogP contribution in [0.2, 0.25) is 0 Å². The maximum absolute atomic E-state index is 13.2. The summed E-state index contributed by atoms with van der Waals surface area (Å²) < 4.78 is 18.8. The molecular weight excluding hydrogens is 325 g/mol. The zero-order chi connectivity index (χ0) is 17.6. The van der Waals surface area contributed by atoms with Crippen LogP contribution >= 0.6 is 0 Å². The van der Waals surface area contributed by atoms with Crippen LogP contribution in [-0.2, 0) is 13.0 Å². The Kier molecular flexibility index (Phi) is 5.03. The van der Waals surface area contributed by atoms with E-state index in [0.717, 1.165) is 17.3 Å². The molecule has 0 aliphatic rings. The summed E-state index contributed by atoms with van der Waals surface area (Å²) in [5, 5.41) is 8.01. The number of halogens is 1. The van der Waals surface area contributed by atoms with Gasteiger partial charge in [-0.15, -0.1) is 5.10 Å². The molecule has 0 atom stereocenters. The molecule has 0 bridgehead atoms. The minimum absolute atomic E-state index is 0.0813. The van der Waals surface area contributed by atoms with Crippen molar-refractivity contribution in [1.82, 2.24) is 15.2 Å². The summed E-state index contributed by atoms with van der Waals surface area (Å²) in [7, 11) is 1.50. The first-order valence-corrected chi connectivity index (χ1v) is 7.60. The fourth-order valence-corrected chi connectivity index (χ4v) is 2.42. The van der Waals surface area contributed by atoms with E-state index in [1.54, 1.807) is 0 Å². The van der Waals surface area contributed by atoms with Gasteiger partial charge in [0, 0.05) is 6.42 Å². The lowest BCUT2D eigenvalue weighted by Crippen LogP contribution is -2.13. The summed E-state index contributed by atoms with van der Waals surface area (Å²) >= 11 is 0. The lowest BCUT2D eigenvalue weighted by atomic mass is 10.1. The second-order valence-electron chi connectivity index (χ2n) is 5.29. The summed E-state index contributed by atoms with van der Waals surface area (Å²) in [6.45, 7) is 0.0813. The third-order valence-electron chi connectivity index (χ3n) is 3.66. The van der Waals surface area contributed by atoms with Crippen LogP contribution in [0.1, 0.15) is 27.3 Å². The van der Waals surface area contributed by atoms with Gasteiger partial charge in [0.2, 0.25) is 0 Å². The number of nitrogens with zero attached hydrogens (tertiary/aromatic N) is 3. The number of rotatable bonds is 7. The molecule has 0 spiro atoms. The molecule has 1 heterocycles. The molecule has 0 N–H and O–H groups in total. The average molecular weight is 341 g/mol. The van der Waals surface area contributed by atoms with E-state index in [0.29, 0.717) is 18.4 Å². The van der Waals surface area contributed by atoms with Crippen molar-refractivity contribution in [3.8, 4) is 5.75 Å². The van der Waals surface area contributed by atoms with Crippen molar-refractivity contribution >= 4 is 6.29 Å². The summed E-state index contributed by atoms with van der Waals surface area (Å²) in [6.07, 6.45) is 1.11. The van der Waals surface area contributed by atoms with Gasteiger partial charge in [0.25, 0.3) is 0 Å². The highest BCUT2D eigenvalue weighted by Crippen LogP contribution is 2.20. The minimum atomic E-state index is -0.496. The second kappa shape index (κ2) is 7.57. The first-order chi connectivity index (χ1) is 12.2. The van der Waals surface area contributed by atoms with Crippen molar-refractivity contribution in [1.29, 1.82) is 0 Å². The third-order valence-corrected chi connectivity index (χ3v) is 3.66. The van der Waals surface area contributed by atoms with Crippen molar-refractivity contribution in [2.45, 2.75) is 13.0 Å². The number of aromatic nitrogens is 3. The molecule has 7 heteroatoms. The van der Waals surface area contributed by atoms with E-state index in [4.69, 9.17) is 9.57 Å². The molecule has 6 nitrogen and oxygen atoms in total. The van der Waals surface area contributed by atoms with Gasteiger partial charge in [-0.05, 0) is 29.0 Å². The molecule has 0 radical (unpaired) electrons. The lowest BCUT2D eigenvalue weighted by Gasteiger charge is -2.09. The molecule has 0 fully saturated rings. The molecule has 3 rings (SSSR count). The van der Waals surface area contributed by atoms with Crippen molar-refractivity contribution in [2.75, 3.05) is 7.11 Å². The normalized spacial score (nSPS) is 10.5. The predicted molar refractivity (Wildman–Crippen MR) is 87.9 cm³/mol. The van der Waals surface area contributed by atoms with Gasteiger partial charge in [-0.25, -0.2) is 4.39 Å². The third kappa shape index (κ3) is 3.82. The largest absolute Gasteiger partial charge is 0.486 e. The molecule has 0 saturated heterocycles. The predicted octanol–water partition coefficient (Wildman–Crippen LogP) is 2.46. The van der Waals surface area contributed by atoms with E-state index >= 15 is 0 Å². The van der Waals surface area contributed by atoms with Gasteiger partial charge < -0.3 is 9.57 Å². The van der Waals surface area contributed by atoms with Gasteiger partial charge >= 0.3 is 0 Å². The first-order valence-electron chi connectivity index (χ1n) is 7.60. The van der Waals surface area contributed by atoms with E-state index in [1.807, 2.05) is 30.3 Å². The second-order valence-corrected chi connectivity index (χ2v) is 5.29. The molecule has 2 aromatic carbocycles. The summed E-state index contributed by atoms with van der Waals surface area (Å²) in [5.74, 6) is -0.210. The van der Waals surface area contributed by atoms with E-state index in [-0.39, 0.29) is 17.9 Å². The number of carbonyl (C=O) groups is 1. The monoisotopic (exact) mass is 341 g/mol. The Morgan fingerprint density at radius 2 is 2.00 bits per heavy atom. The number of carbonyl (C=O) groups excluding carboxylic acids is 1. The zero-order valence-electron chi connectivity index (χ0n) is 13.6. The Morgan fingerprint density at radius 3 is 2.72 bits per heavy atom. The van der Waals surface area contributed by atoms with Crippen LogP contribution in [-0.4, -0.2) is 28.6 Å². The Labute approximate surface area is 143 Å². The van der Waals surface area contributed by atoms with Gasteiger partial charge in [0.05, 0.1) is 5.56 Å². The van der Waals surface area contributed by atoms with Crippen molar-refractivity contribution in [2.24, 2.45) is 0 Å². The van der Waals surface area contributed by atoms with Gasteiger partial charge in [-0.2, -0.15) is 0 Å². The molecule has 1 aromatic heterocycles. The molecule has 25 heavy (non-hydrogen) atoms. The Balaban J connectivity index is 1.81. The van der Waals surface area contributed by atoms with Gasteiger partial charge in [0.15, 0.2) is 6.29 Å². The summed E-state index contributed by atoms with van der Waals surface area (Å²) in [4.78, 5) is 17.6. The quantitative estimate of drug-likeness (QED) is 0.618. The minimum Gasteiger partial charge on any atom is -0.486 e. The number of benzene rings is 2. The molecule has 0 saturated carbocycles. The summed E-state index contributed by atoms with van der Waals surface area (Å²) in [5.41, 5.74) is 2.53. The van der Waals surface area contributed by atoms with Crippen LogP contribution in [0.15, 0.2) is 48.5 Å². The highest BCUT2D eigenvalue weighted by atomic mass is 19.1.